The van der Waals surface area contributed by atoms with Crippen LogP contribution in [0.25, 0.3) is 0 Å². The fraction of sp³-hybridized carbons (Fsp3) is 0.591. The van der Waals surface area contributed by atoms with Crippen molar-refractivity contribution >= 4 is 9.84 Å². The Morgan fingerprint density at radius 3 is 2.24 bits per heavy atom. The fourth-order valence-corrected chi connectivity index (χ4v) is 4.25. The minimum Gasteiger partial charge on any atom is -0.497 e. The van der Waals surface area contributed by atoms with Crippen LogP contribution in [-0.4, -0.2) is 42.3 Å². The molecule has 0 N–H and O–H groups in total. The number of benzene rings is 1. The third-order valence-electron chi connectivity index (χ3n) is 5.38. The van der Waals surface area contributed by atoms with Gasteiger partial charge in [-0.15, -0.1) is 0 Å². The molecule has 0 fully saturated rings. The summed E-state index contributed by atoms with van der Waals surface area (Å²) in [6.45, 7) is 11.1. The van der Waals surface area contributed by atoms with Crippen molar-refractivity contribution in [1.82, 2.24) is 14.5 Å². The van der Waals surface area contributed by atoms with Gasteiger partial charge in [0.15, 0.2) is 0 Å². The molecule has 162 valence electrons. The van der Waals surface area contributed by atoms with E-state index in [0.717, 1.165) is 17.9 Å². The Hall–Kier alpha value is -1.86. The van der Waals surface area contributed by atoms with Crippen LogP contribution in [0.4, 0.5) is 0 Å². The van der Waals surface area contributed by atoms with Crippen molar-refractivity contribution in [2.24, 2.45) is 5.92 Å². The predicted octanol–water partition coefficient (Wildman–Crippen LogP) is 4.31. The average molecular weight is 422 g/mol. The van der Waals surface area contributed by atoms with Crippen molar-refractivity contribution in [2.45, 2.75) is 70.6 Å². The Bertz CT molecular complexity index is 887. The van der Waals surface area contributed by atoms with Crippen molar-refractivity contribution in [2.75, 3.05) is 14.2 Å². The maximum absolute atomic E-state index is 12.8. The second kappa shape index (κ2) is 9.76. The molecule has 0 aliphatic rings. The van der Waals surface area contributed by atoms with E-state index < -0.39 is 15.1 Å². The minimum atomic E-state index is -3.43. The standard InChI is InChI=1S/C22H35N3O3S/c1-16(2)12-13-25-20(14-23-22(25)29(26,27)17(3)4)15-24(6)18(5)19-8-10-21(28-7)11-9-19/h8-11,14,16-18H,12-13,15H2,1-7H3. The van der Waals surface area contributed by atoms with Crippen LogP contribution in [0, 0.1) is 5.92 Å². The van der Waals surface area contributed by atoms with Crippen LogP contribution in [0.1, 0.15) is 58.3 Å². The lowest BCUT2D eigenvalue weighted by Crippen LogP contribution is -2.25. The first-order valence-electron chi connectivity index (χ1n) is 10.2. The molecule has 6 nitrogen and oxygen atoms in total. The van der Waals surface area contributed by atoms with Gasteiger partial charge in [-0.25, -0.2) is 13.4 Å². The van der Waals surface area contributed by atoms with E-state index in [1.165, 1.54) is 5.56 Å². The van der Waals surface area contributed by atoms with E-state index in [9.17, 15) is 8.42 Å². The molecule has 1 unspecified atom stereocenters. The molecule has 0 radical (unpaired) electrons. The largest absolute Gasteiger partial charge is 0.497 e. The highest BCUT2D eigenvalue weighted by atomic mass is 32.2. The van der Waals surface area contributed by atoms with Crippen LogP contribution in [0.5, 0.6) is 5.75 Å². The Morgan fingerprint density at radius 2 is 1.72 bits per heavy atom. The van der Waals surface area contributed by atoms with Crippen LogP contribution in [0.3, 0.4) is 0 Å². The Morgan fingerprint density at radius 1 is 1.10 bits per heavy atom. The molecule has 0 saturated heterocycles. The highest BCUT2D eigenvalue weighted by molar-refractivity contribution is 7.91. The van der Waals surface area contributed by atoms with E-state index in [1.54, 1.807) is 27.2 Å². The van der Waals surface area contributed by atoms with Crippen molar-refractivity contribution < 1.29 is 13.2 Å². The molecule has 2 aromatic rings. The lowest BCUT2D eigenvalue weighted by Gasteiger charge is -2.26. The zero-order valence-electron chi connectivity index (χ0n) is 18.7. The van der Waals surface area contributed by atoms with E-state index >= 15 is 0 Å². The van der Waals surface area contributed by atoms with E-state index in [0.29, 0.717) is 19.0 Å². The normalized spacial score (nSPS) is 13.4. The summed E-state index contributed by atoms with van der Waals surface area (Å²) in [7, 11) is 0.274. The second-order valence-corrected chi connectivity index (χ2v) is 10.7. The highest BCUT2D eigenvalue weighted by Crippen LogP contribution is 2.25. The van der Waals surface area contributed by atoms with Gasteiger partial charge < -0.3 is 9.30 Å². The Balaban J connectivity index is 2.29. The zero-order chi connectivity index (χ0) is 21.8. The van der Waals surface area contributed by atoms with Gasteiger partial charge in [0.1, 0.15) is 5.75 Å². The minimum absolute atomic E-state index is 0.166. The number of rotatable bonds is 10. The number of sulfone groups is 1. The van der Waals surface area contributed by atoms with E-state index in [2.05, 4.69) is 42.8 Å². The smallest absolute Gasteiger partial charge is 0.228 e. The Kier molecular flexibility index (Phi) is 7.88. The molecular weight excluding hydrogens is 386 g/mol. The molecule has 29 heavy (non-hydrogen) atoms. The van der Waals surface area contributed by atoms with Crippen molar-refractivity contribution in [3.8, 4) is 5.75 Å². The third kappa shape index (κ3) is 5.60. The summed E-state index contributed by atoms with van der Waals surface area (Å²) in [5.41, 5.74) is 2.10. The van der Waals surface area contributed by atoms with Crippen LogP contribution < -0.4 is 4.74 Å². The van der Waals surface area contributed by atoms with Gasteiger partial charge in [-0.1, -0.05) is 26.0 Å². The number of nitrogens with zero attached hydrogens (tertiary/aromatic N) is 3. The first-order chi connectivity index (χ1) is 13.6. The molecule has 1 heterocycles. The summed E-state index contributed by atoms with van der Waals surface area (Å²) in [5, 5.41) is -0.305. The maximum atomic E-state index is 12.8. The second-order valence-electron chi connectivity index (χ2n) is 8.32. The molecule has 1 atom stereocenters. The van der Waals surface area contributed by atoms with E-state index in [-0.39, 0.29) is 11.2 Å². The van der Waals surface area contributed by atoms with Crippen LogP contribution >= 0.6 is 0 Å². The molecule has 0 saturated carbocycles. The molecule has 2 rings (SSSR count). The van der Waals surface area contributed by atoms with Gasteiger partial charge in [-0.05, 0) is 57.9 Å². The average Bonchev–Trinajstić information content (AvgIpc) is 3.08. The number of aromatic nitrogens is 2. The SMILES string of the molecule is COc1ccc(C(C)N(C)Cc2cnc(S(=O)(=O)C(C)C)n2CCC(C)C)cc1. The van der Waals surface area contributed by atoms with Crippen LogP contribution in [0.2, 0.25) is 0 Å². The first-order valence-corrected chi connectivity index (χ1v) is 11.7. The molecular formula is C22H35N3O3S. The number of hydrogen-bond donors (Lipinski definition) is 0. The summed E-state index contributed by atoms with van der Waals surface area (Å²) in [5.74, 6) is 1.31. The molecule has 0 spiro atoms. The fourth-order valence-electron chi connectivity index (χ4n) is 3.11. The molecule has 7 heteroatoms. The van der Waals surface area contributed by atoms with Gasteiger partial charge >= 0.3 is 0 Å². The number of ether oxygens (including phenoxy) is 1. The summed E-state index contributed by atoms with van der Waals surface area (Å²) < 4.78 is 32.7. The first kappa shape index (κ1) is 23.4. The monoisotopic (exact) mass is 421 g/mol. The summed E-state index contributed by atoms with van der Waals surface area (Å²) in [6, 6.07) is 8.20. The van der Waals surface area contributed by atoms with Gasteiger partial charge in [0, 0.05) is 19.1 Å². The number of hydrogen-bond acceptors (Lipinski definition) is 5. The van der Waals surface area contributed by atoms with Crippen molar-refractivity contribution in [3.63, 3.8) is 0 Å². The van der Waals surface area contributed by atoms with E-state index in [1.807, 2.05) is 23.7 Å². The maximum Gasteiger partial charge on any atom is 0.228 e. The van der Waals surface area contributed by atoms with E-state index in [4.69, 9.17) is 4.74 Å². The van der Waals surface area contributed by atoms with Gasteiger partial charge in [0.25, 0.3) is 0 Å². The highest BCUT2D eigenvalue weighted by Gasteiger charge is 2.27. The lowest BCUT2D eigenvalue weighted by molar-refractivity contribution is 0.244. The third-order valence-corrected chi connectivity index (χ3v) is 7.45. The quantitative estimate of drug-likeness (QED) is 0.572. The molecule has 0 bridgehead atoms. The molecule has 0 amide bonds. The summed E-state index contributed by atoms with van der Waals surface area (Å²) in [4.78, 5) is 6.53. The molecule has 1 aromatic carbocycles. The zero-order valence-corrected chi connectivity index (χ0v) is 19.5. The van der Waals surface area contributed by atoms with Gasteiger partial charge in [0.2, 0.25) is 15.0 Å². The van der Waals surface area contributed by atoms with Gasteiger partial charge in [-0.3, -0.25) is 4.90 Å². The number of methoxy groups -OCH3 is 1. The van der Waals surface area contributed by atoms with Gasteiger partial charge in [-0.2, -0.15) is 0 Å². The Labute approximate surface area is 175 Å². The van der Waals surface area contributed by atoms with Gasteiger partial charge in [0.05, 0.1) is 24.3 Å². The molecule has 0 aliphatic carbocycles. The van der Waals surface area contributed by atoms with Crippen LogP contribution in [-0.2, 0) is 22.9 Å². The topological polar surface area (TPSA) is 64.4 Å². The number of imidazole rings is 1. The summed E-state index contributed by atoms with van der Waals surface area (Å²) >= 11 is 0. The lowest BCUT2D eigenvalue weighted by atomic mass is 10.1. The van der Waals surface area contributed by atoms with Crippen molar-refractivity contribution in [1.29, 1.82) is 0 Å². The van der Waals surface area contributed by atoms with Crippen molar-refractivity contribution in [3.05, 3.63) is 41.7 Å². The van der Waals surface area contributed by atoms with Crippen LogP contribution in [0.15, 0.2) is 35.6 Å². The predicted molar refractivity (Wildman–Crippen MR) is 117 cm³/mol. The molecule has 0 aliphatic heterocycles. The molecule has 1 aromatic heterocycles. The summed E-state index contributed by atoms with van der Waals surface area (Å²) in [6.07, 6.45) is 2.62.